The highest BCUT2D eigenvalue weighted by Crippen LogP contribution is 2.38. The van der Waals surface area contributed by atoms with Crippen molar-refractivity contribution < 1.29 is 19.4 Å². The summed E-state index contributed by atoms with van der Waals surface area (Å²) >= 11 is 0. The number of carbonyl (C=O) groups excluding carboxylic acids is 1. The van der Waals surface area contributed by atoms with Gasteiger partial charge in [0.1, 0.15) is 25.5 Å². The van der Waals surface area contributed by atoms with Crippen LogP contribution in [0.25, 0.3) is 0 Å². The van der Waals surface area contributed by atoms with Gasteiger partial charge >= 0.3 is 0 Å². The molecule has 3 heterocycles. The number of rotatable bonds is 4. The molecule has 1 atom stereocenters. The largest absolute Gasteiger partial charge is 0.486 e. The lowest BCUT2D eigenvalue weighted by Crippen LogP contribution is -2.33. The fourth-order valence-electron chi connectivity index (χ4n) is 3.40. The zero-order valence-electron chi connectivity index (χ0n) is 13.8. The van der Waals surface area contributed by atoms with Gasteiger partial charge in [-0.25, -0.2) is 4.68 Å². The minimum absolute atomic E-state index is 0.00761. The fourth-order valence-corrected chi connectivity index (χ4v) is 3.40. The van der Waals surface area contributed by atoms with Gasteiger partial charge in [0, 0.05) is 6.54 Å². The SMILES string of the molecule is O=C(Cn1cc(CO)nn1)N1CCCC1c1ccc2c(c1)OCCO2. The van der Waals surface area contributed by atoms with Gasteiger partial charge < -0.3 is 19.5 Å². The number of hydrogen-bond acceptors (Lipinski definition) is 6. The van der Waals surface area contributed by atoms with Crippen molar-refractivity contribution >= 4 is 5.91 Å². The summed E-state index contributed by atoms with van der Waals surface area (Å²) in [5.41, 5.74) is 1.52. The molecule has 2 aliphatic heterocycles. The number of hydrogen-bond donors (Lipinski definition) is 1. The standard InChI is InChI=1S/C17H20N4O4/c22-11-13-9-20(19-18-13)10-17(23)21-5-1-2-14(21)12-3-4-15-16(8-12)25-7-6-24-15/h3-4,8-9,14,22H,1-2,5-7,10-11H2. The van der Waals surface area contributed by atoms with Crippen molar-refractivity contribution in [3.63, 3.8) is 0 Å². The van der Waals surface area contributed by atoms with E-state index < -0.39 is 0 Å². The lowest BCUT2D eigenvalue weighted by atomic mass is 10.0. The molecule has 0 spiro atoms. The van der Waals surface area contributed by atoms with Crippen molar-refractivity contribution in [2.24, 2.45) is 0 Å². The molecule has 0 radical (unpaired) electrons. The molecule has 1 N–H and O–H groups in total. The second-order valence-corrected chi connectivity index (χ2v) is 6.21. The maximum Gasteiger partial charge on any atom is 0.244 e. The van der Waals surface area contributed by atoms with E-state index in [2.05, 4.69) is 10.3 Å². The third-order valence-corrected chi connectivity index (χ3v) is 4.57. The second-order valence-electron chi connectivity index (χ2n) is 6.21. The number of aliphatic hydroxyl groups excluding tert-OH is 1. The van der Waals surface area contributed by atoms with Crippen molar-refractivity contribution in [2.75, 3.05) is 19.8 Å². The van der Waals surface area contributed by atoms with Crippen molar-refractivity contribution in [1.82, 2.24) is 19.9 Å². The monoisotopic (exact) mass is 344 g/mol. The first-order chi connectivity index (χ1) is 12.2. The van der Waals surface area contributed by atoms with E-state index in [1.165, 1.54) is 4.68 Å². The van der Waals surface area contributed by atoms with E-state index in [0.717, 1.165) is 36.4 Å². The van der Waals surface area contributed by atoms with Crippen LogP contribution < -0.4 is 9.47 Å². The normalized spacial score (nSPS) is 19.2. The van der Waals surface area contributed by atoms with Crippen LogP contribution in [0.4, 0.5) is 0 Å². The van der Waals surface area contributed by atoms with Gasteiger partial charge in [-0.2, -0.15) is 0 Å². The van der Waals surface area contributed by atoms with E-state index in [1.807, 2.05) is 23.1 Å². The topological polar surface area (TPSA) is 89.7 Å². The first kappa shape index (κ1) is 15.9. The Morgan fingerprint density at radius 3 is 2.92 bits per heavy atom. The molecule has 1 saturated heterocycles. The minimum Gasteiger partial charge on any atom is -0.486 e. The molecule has 0 aliphatic carbocycles. The first-order valence-electron chi connectivity index (χ1n) is 8.43. The maximum absolute atomic E-state index is 12.7. The number of carbonyl (C=O) groups is 1. The van der Waals surface area contributed by atoms with Crippen LogP contribution in [0.5, 0.6) is 11.5 Å². The molecule has 1 fully saturated rings. The number of ether oxygens (including phenoxy) is 2. The molecule has 1 unspecified atom stereocenters. The number of benzene rings is 1. The number of likely N-dealkylation sites (tertiary alicyclic amines) is 1. The molecule has 1 amide bonds. The van der Waals surface area contributed by atoms with Crippen molar-refractivity contribution in [2.45, 2.75) is 32.0 Å². The third kappa shape index (κ3) is 3.17. The van der Waals surface area contributed by atoms with Gasteiger partial charge in [0.25, 0.3) is 0 Å². The van der Waals surface area contributed by atoms with Crippen LogP contribution in [0.3, 0.4) is 0 Å². The van der Waals surface area contributed by atoms with Crippen LogP contribution in [0, 0.1) is 0 Å². The van der Waals surface area contributed by atoms with Gasteiger partial charge in [-0.05, 0) is 30.5 Å². The summed E-state index contributed by atoms with van der Waals surface area (Å²) in [6, 6.07) is 5.92. The highest BCUT2D eigenvalue weighted by atomic mass is 16.6. The molecule has 8 heteroatoms. The van der Waals surface area contributed by atoms with Crippen LogP contribution in [0.2, 0.25) is 0 Å². The van der Waals surface area contributed by atoms with E-state index in [9.17, 15) is 4.79 Å². The predicted molar refractivity (Wildman–Crippen MR) is 87.1 cm³/mol. The summed E-state index contributed by atoms with van der Waals surface area (Å²) in [6.45, 7) is 1.77. The van der Waals surface area contributed by atoms with Gasteiger partial charge in [0.15, 0.2) is 11.5 Å². The molecule has 25 heavy (non-hydrogen) atoms. The van der Waals surface area contributed by atoms with Gasteiger partial charge in [-0.15, -0.1) is 5.10 Å². The number of aromatic nitrogens is 3. The zero-order chi connectivity index (χ0) is 17.2. The molecule has 1 aromatic heterocycles. The van der Waals surface area contributed by atoms with Crippen LogP contribution in [-0.2, 0) is 17.9 Å². The Labute approximate surface area is 144 Å². The Bertz CT molecular complexity index is 776. The Kier molecular flexibility index (Phi) is 4.27. The predicted octanol–water partition coefficient (Wildman–Crippen LogP) is 0.905. The fraction of sp³-hybridized carbons (Fsp3) is 0.471. The van der Waals surface area contributed by atoms with E-state index in [0.29, 0.717) is 18.9 Å². The summed E-state index contributed by atoms with van der Waals surface area (Å²) < 4.78 is 12.7. The highest BCUT2D eigenvalue weighted by molar-refractivity contribution is 5.76. The lowest BCUT2D eigenvalue weighted by Gasteiger charge is -2.26. The molecule has 2 aliphatic rings. The van der Waals surface area contributed by atoms with E-state index in [4.69, 9.17) is 14.6 Å². The number of nitrogens with zero attached hydrogens (tertiary/aromatic N) is 4. The average molecular weight is 344 g/mol. The Morgan fingerprint density at radius 1 is 1.28 bits per heavy atom. The van der Waals surface area contributed by atoms with E-state index in [-0.39, 0.29) is 25.1 Å². The Balaban J connectivity index is 1.50. The van der Waals surface area contributed by atoms with Crippen LogP contribution in [0.15, 0.2) is 24.4 Å². The molecular formula is C17H20N4O4. The third-order valence-electron chi connectivity index (χ3n) is 4.57. The average Bonchev–Trinajstić information content (AvgIpc) is 3.30. The van der Waals surface area contributed by atoms with Crippen LogP contribution >= 0.6 is 0 Å². The molecule has 1 aromatic carbocycles. The molecule has 2 aromatic rings. The van der Waals surface area contributed by atoms with Gasteiger partial charge in [0.05, 0.1) is 18.8 Å². The number of amides is 1. The summed E-state index contributed by atoms with van der Waals surface area (Å²) in [5.74, 6) is 1.49. The number of fused-ring (bicyclic) bond motifs is 1. The number of aliphatic hydroxyl groups is 1. The minimum atomic E-state index is -0.183. The van der Waals surface area contributed by atoms with Crippen molar-refractivity contribution in [3.05, 3.63) is 35.7 Å². The molecule has 132 valence electrons. The highest BCUT2D eigenvalue weighted by Gasteiger charge is 2.31. The van der Waals surface area contributed by atoms with Gasteiger partial charge in [0.2, 0.25) is 5.91 Å². The summed E-state index contributed by atoms with van der Waals surface area (Å²) in [4.78, 5) is 14.6. The zero-order valence-corrected chi connectivity index (χ0v) is 13.8. The quantitative estimate of drug-likeness (QED) is 0.887. The van der Waals surface area contributed by atoms with Crippen LogP contribution in [-0.4, -0.2) is 50.7 Å². The molecule has 8 nitrogen and oxygen atoms in total. The van der Waals surface area contributed by atoms with Gasteiger partial charge in [-0.3, -0.25) is 4.79 Å². The van der Waals surface area contributed by atoms with Crippen molar-refractivity contribution in [1.29, 1.82) is 0 Å². The summed E-state index contributed by atoms with van der Waals surface area (Å²) in [5, 5.41) is 16.7. The maximum atomic E-state index is 12.7. The smallest absolute Gasteiger partial charge is 0.244 e. The van der Waals surface area contributed by atoms with Crippen LogP contribution in [0.1, 0.15) is 30.1 Å². The second kappa shape index (κ2) is 6.72. The lowest BCUT2D eigenvalue weighted by molar-refractivity contribution is -0.133. The Morgan fingerprint density at radius 2 is 2.12 bits per heavy atom. The van der Waals surface area contributed by atoms with Crippen molar-refractivity contribution in [3.8, 4) is 11.5 Å². The summed E-state index contributed by atoms with van der Waals surface area (Å²) in [6.07, 6.45) is 3.47. The van der Waals surface area contributed by atoms with E-state index in [1.54, 1.807) is 6.20 Å². The molecule has 0 saturated carbocycles. The Hall–Kier alpha value is -2.61. The molecular weight excluding hydrogens is 324 g/mol. The molecule has 4 rings (SSSR count). The first-order valence-corrected chi connectivity index (χ1v) is 8.43. The molecule has 0 bridgehead atoms. The summed E-state index contributed by atoms with van der Waals surface area (Å²) in [7, 11) is 0. The van der Waals surface area contributed by atoms with Gasteiger partial charge in [-0.1, -0.05) is 11.3 Å². The van der Waals surface area contributed by atoms with E-state index >= 15 is 0 Å².